The molecular formula is C22H27N3O2. The van der Waals surface area contributed by atoms with Crippen LogP contribution >= 0.6 is 0 Å². The first-order valence-corrected chi connectivity index (χ1v) is 9.52. The van der Waals surface area contributed by atoms with Crippen molar-refractivity contribution in [3.63, 3.8) is 0 Å². The van der Waals surface area contributed by atoms with Crippen molar-refractivity contribution < 1.29 is 9.59 Å². The Hall–Kier alpha value is -2.82. The molecule has 0 radical (unpaired) electrons. The van der Waals surface area contributed by atoms with Crippen molar-refractivity contribution in [1.29, 1.82) is 0 Å². The Labute approximate surface area is 161 Å². The number of aryl methyl sites for hydroxylation is 1. The first-order chi connectivity index (χ1) is 13.0. The highest BCUT2D eigenvalue weighted by atomic mass is 16.2. The predicted molar refractivity (Wildman–Crippen MR) is 110 cm³/mol. The normalized spacial score (nSPS) is 13.9. The zero-order valence-electron chi connectivity index (χ0n) is 16.1. The SMILES string of the molecule is CC(=O)N(CC(=O)Nc1ccc(N2CCCCC2)cc1)c1cccc(C)c1. The van der Waals surface area contributed by atoms with Crippen LogP contribution in [0.25, 0.3) is 0 Å². The van der Waals surface area contributed by atoms with Crippen molar-refractivity contribution in [2.75, 3.05) is 34.8 Å². The van der Waals surface area contributed by atoms with E-state index in [0.29, 0.717) is 0 Å². The number of nitrogens with zero attached hydrogens (tertiary/aromatic N) is 2. The summed E-state index contributed by atoms with van der Waals surface area (Å²) in [4.78, 5) is 28.3. The fraction of sp³-hybridized carbons (Fsp3) is 0.364. The van der Waals surface area contributed by atoms with Gasteiger partial charge in [0.2, 0.25) is 11.8 Å². The van der Waals surface area contributed by atoms with Crippen molar-refractivity contribution in [1.82, 2.24) is 0 Å². The van der Waals surface area contributed by atoms with E-state index in [-0.39, 0.29) is 18.4 Å². The van der Waals surface area contributed by atoms with Gasteiger partial charge in [0.15, 0.2) is 0 Å². The summed E-state index contributed by atoms with van der Waals surface area (Å²) in [6, 6.07) is 15.5. The molecule has 0 atom stereocenters. The summed E-state index contributed by atoms with van der Waals surface area (Å²) in [5.41, 5.74) is 3.72. The summed E-state index contributed by atoms with van der Waals surface area (Å²) >= 11 is 0. The molecule has 2 aromatic carbocycles. The lowest BCUT2D eigenvalue weighted by molar-refractivity contribution is -0.120. The molecule has 0 bridgehead atoms. The quantitative estimate of drug-likeness (QED) is 0.872. The van der Waals surface area contributed by atoms with Crippen LogP contribution in [0.5, 0.6) is 0 Å². The van der Waals surface area contributed by atoms with Crippen molar-refractivity contribution in [2.24, 2.45) is 0 Å². The molecule has 3 rings (SSSR count). The number of hydrogen-bond acceptors (Lipinski definition) is 3. The van der Waals surface area contributed by atoms with Gasteiger partial charge in [0, 0.05) is 37.1 Å². The Morgan fingerprint density at radius 1 is 1.04 bits per heavy atom. The zero-order chi connectivity index (χ0) is 19.2. The Bertz CT molecular complexity index is 795. The van der Waals surface area contributed by atoms with Gasteiger partial charge in [0.1, 0.15) is 6.54 Å². The molecule has 5 nitrogen and oxygen atoms in total. The number of carbonyl (C=O) groups is 2. The summed E-state index contributed by atoms with van der Waals surface area (Å²) < 4.78 is 0. The van der Waals surface area contributed by atoms with Crippen LogP contribution in [-0.2, 0) is 9.59 Å². The van der Waals surface area contributed by atoms with Gasteiger partial charge in [-0.3, -0.25) is 9.59 Å². The van der Waals surface area contributed by atoms with E-state index in [1.807, 2.05) is 55.5 Å². The average molecular weight is 365 g/mol. The Balaban J connectivity index is 1.62. The summed E-state index contributed by atoms with van der Waals surface area (Å²) in [7, 11) is 0. The van der Waals surface area contributed by atoms with Crippen molar-refractivity contribution in [3.8, 4) is 0 Å². The van der Waals surface area contributed by atoms with E-state index in [0.717, 1.165) is 30.0 Å². The standard InChI is InChI=1S/C22H27N3O2/c1-17-7-6-8-21(15-17)25(18(2)26)16-22(27)23-19-9-11-20(12-10-19)24-13-4-3-5-14-24/h6-12,15H,3-5,13-14,16H2,1-2H3,(H,23,27). The third-order valence-electron chi connectivity index (χ3n) is 4.87. The maximum absolute atomic E-state index is 12.5. The molecule has 1 heterocycles. The maximum Gasteiger partial charge on any atom is 0.244 e. The lowest BCUT2D eigenvalue weighted by Crippen LogP contribution is -2.36. The molecule has 1 aliphatic rings. The second-order valence-corrected chi connectivity index (χ2v) is 7.09. The van der Waals surface area contributed by atoms with E-state index >= 15 is 0 Å². The molecule has 142 valence electrons. The van der Waals surface area contributed by atoms with Crippen LogP contribution in [0.1, 0.15) is 31.7 Å². The van der Waals surface area contributed by atoms with Crippen LogP contribution in [0.3, 0.4) is 0 Å². The Kier molecular flexibility index (Phi) is 6.12. The van der Waals surface area contributed by atoms with Gasteiger partial charge in [-0.15, -0.1) is 0 Å². The maximum atomic E-state index is 12.5. The number of carbonyl (C=O) groups excluding carboxylic acids is 2. The minimum atomic E-state index is -0.211. The van der Waals surface area contributed by atoms with Gasteiger partial charge in [-0.05, 0) is 68.1 Å². The van der Waals surface area contributed by atoms with E-state index < -0.39 is 0 Å². The summed E-state index contributed by atoms with van der Waals surface area (Å²) in [5, 5.41) is 2.89. The van der Waals surface area contributed by atoms with Gasteiger partial charge in [0.05, 0.1) is 0 Å². The lowest BCUT2D eigenvalue weighted by Gasteiger charge is -2.28. The van der Waals surface area contributed by atoms with Gasteiger partial charge in [-0.1, -0.05) is 12.1 Å². The smallest absolute Gasteiger partial charge is 0.244 e. The molecule has 0 aromatic heterocycles. The molecule has 27 heavy (non-hydrogen) atoms. The fourth-order valence-corrected chi connectivity index (χ4v) is 3.43. The van der Waals surface area contributed by atoms with Crippen molar-refractivity contribution in [2.45, 2.75) is 33.1 Å². The second-order valence-electron chi connectivity index (χ2n) is 7.09. The summed E-state index contributed by atoms with van der Waals surface area (Å²) in [6.45, 7) is 5.62. The topological polar surface area (TPSA) is 52.7 Å². The van der Waals surface area contributed by atoms with Crippen LogP contribution in [0.2, 0.25) is 0 Å². The van der Waals surface area contributed by atoms with E-state index in [4.69, 9.17) is 0 Å². The number of piperidine rings is 1. The minimum absolute atomic E-state index is 0.00728. The van der Waals surface area contributed by atoms with Gasteiger partial charge < -0.3 is 15.1 Å². The lowest BCUT2D eigenvalue weighted by atomic mass is 10.1. The van der Waals surface area contributed by atoms with Crippen molar-refractivity contribution >= 4 is 28.9 Å². The van der Waals surface area contributed by atoms with E-state index in [9.17, 15) is 9.59 Å². The fourth-order valence-electron chi connectivity index (χ4n) is 3.43. The van der Waals surface area contributed by atoms with Crippen LogP contribution in [0.4, 0.5) is 17.1 Å². The third kappa shape index (κ3) is 5.09. The van der Waals surface area contributed by atoms with Gasteiger partial charge in [0.25, 0.3) is 0 Å². The largest absolute Gasteiger partial charge is 0.372 e. The number of hydrogen-bond donors (Lipinski definition) is 1. The molecule has 1 aliphatic heterocycles. The highest BCUT2D eigenvalue weighted by Gasteiger charge is 2.16. The molecule has 1 fully saturated rings. The monoisotopic (exact) mass is 365 g/mol. The molecule has 0 saturated carbocycles. The Morgan fingerprint density at radius 2 is 1.74 bits per heavy atom. The summed E-state index contributed by atoms with van der Waals surface area (Å²) in [5.74, 6) is -0.367. The van der Waals surface area contributed by atoms with E-state index in [1.165, 1.54) is 36.8 Å². The van der Waals surface area contributed by atoms with E-state index in [1.54, 1.807) is 0 Å². The highest BCUT2D eigenvalue weighted by Crippen LogP contribution is 2.22. The van der Waals surface area contributed by atoms with Crippen LogP contribution in [0.15, 0.2) is 48.5 Å². The van der Waals surface area contributed by atoms with Crippen LogP contribution in [0, 0.1) is 6.92 Å². The number of benzene rings is 2. The molecule has 2 aromatic rings. The second kappa shape index (κ2) is 8.71. The Morgan fingerprint density at radius 3 is 2.37 bits per heavy atom. The minimum Gasteiger partial charge on any atom is -0.372 e. The number of rotatable bonds is 5. The third-order valence-corrected chi connectivity index (χ3v) is 4.87. The molecule has 1 N–H and O–H groups in total. The van der Waals surface area contributed by atoms with Crippen LogP contribution in [-0.4, -0.2) is 31.4 Å². The first kappa shape index (κ1) is 19.0. The molecule has 2 amide bonds. The van der Waals surface area contributed by atoms with Gasteiger partial charge >= 0.3 is 0 Å². The molecule has 5 heteroatoms. The number of nitrogens with one attached hydrogen (secondary N) is 1. The average Bonchev–Trinajstić information content (AvgIpc) is 2.67. The molecule has 0 unspecified atom stereocenters. The molecular weight excluding hydrogens is 338 g/mol. The molecule has 1 saturated heterocycles. The van der Waals surface area contributed by atoms with Gasteiger partial charge in [-0.2, -0.15) is 0 Å². The number of amides is 2. The molecule has 0 aliphatic carbocycles. The van der Waals surface area contributed by atoms with Crippen molar-refractivity contribution in [3.05, 3.63) is 54.1 Å². The van der Waals surface area contributed by atoms with E-state index in [2.05, 4.69) is 10.2 Å². The van der Waals surface area contributed by atoms with Crippen LogP contribution < -0.4 is 15.1 Å². The van der Waals surface area contributed by atoms with Gasteiger partial charge in [-0.25, -0.2) is 0 Å². The number of anilines is 3. The molecule has 0 spiro atoms. The first-order valence-electron chi connectivity index (χ1n) is 9.52. The zero-order valence-corrected chi connectivity index (χ0v) is 16.1. The predicted octanol–water partition coefficient (Wildman–Crippen LogP) is 3.98. The highest BCUT2D eigenvalue weighted by molar-refractivity contribution is 6.01. The summed E-state index contributed by atoms with van der Waals surface area (Å²) in [6.07, 6.45) is 3.77.